The fourth-order valence-corrected chi connectivity index (χ4v) is 4.39. The SMILES string of the molecule is N#Cc1cc(-c2nc3ccccc3[nH]2)c(N)nc1C(C#N)c1nc2ccccc2s1. The molecule has 0 fully saturated rings. The number of fused-ring (bicyclic) bond motifs is 2. The van der Waals surface area contributed by atoms with Gasteiger partial charge in [-0.15, -0.1) is 11.3 Å². The van der Waals surface area contributed by atoms with Crippen molar-refractivity contribution in [2.45, 2.75) is 5.92 Å². The Morgan fingerprint density at radius 1 is 0.967 bits per heavy atom. The highest BCUT2D eigenvalue weighted by molar-refractivity contribution is 7.18. The number of aromatic amines is 1. The lowest BCUT2D eigenvalue weighted by molar-refractivity contribution is 0.950. The average molecular weight is 407 g/mol. The number of thiazole rings is 1. The first-order valence-corrected chi connectivity index (χ1v) is 9.90. The summed E-state index contributed by atoms with van der Waals surface area (Å²) in [4.78, 5) is 16.8. The molecular weight excluding hydrogens is 394 g/mol. The van der Waals surface area contributed by atoms with Crippen molar-refractivity contribution in [1.82, 2.24) is 19.9 Å². The minimum absolute atomic E-state index is 0.199. The molecule has 30 heavy (non-hydrogen) atoms. The maximum absolute atomic E-state index is 9.86. The normalized spacial score (nSPS) is 11.9. The number of rotatable bonds is 3. The van der Waals surface area contributed by atoms with E-state index in [0.29, 0.717) is 22.1 Å². The molecule has 0 amide bonds. The first-order valence-electron chi connectivity index (χ1n) is 9.08. The summed E-state index contributed by atoms with van der Waals surface area (Å²) in [5, 5.41) is 20.2. The number of pyridine rings is 1. The Hall–Kier alpha value is -4.27. The van der Waals surface area contributed by atoms with Gasteiger partial charge in [-0.25, -0.2) is 15.0 Å². The highest BCUT2D eigenvalue weighted by atomic mass is 32.1. The van der Waals surface area contributed by atoms with Gasteiger partial charge in [0.15, 0.2) is 0 Å². The summed E-state index contributed by atoms with van der Waals surface area (Å²) in [5.74, 6) is -0.0637. The highest BCUT2D eigenvalue weighted by Gasteiger charge is 2.25. The van der Waals surface area contributed by atoms with Crippen LogP contribution in [-0.2, 0) is 0 Å². The molecule has 0 radical (unpaired) electrons. The number of nitrogens with two attached hydrogens (primary N) is 1. The van der Waals surface area contributed by atoms with Gasteiger partial charge < -0.3 is 10.7 Å². The van der Waals surface area contributed by atoms with Crippen LogP contribution in [0.15, 0.2) is 54.6 Å². The molecule has 2 aromatic carbocycles. The lowest BCUT2D eigenvalue weighted by Crippen LogP contribution is -2.08. The second-order valence-corrected chi connectivity index (χ2v) is 7.71. The highest BCUT2D eigenvalue weighted by Crippen LogP contribution is 2.35. The van der Waals surface area contributed by atoms with Crippen LogP contribution in [0.5, 0.6) is 0 Å². The van der Waals surface area contributed by atoms with Crippen molar-refractivity contribution in [3.63, 3.8) is 0 Å². The standard InChI is InChI=1S/C22H13N7S/c23-10-12-9-13(21-26-15-5-1-2-6-16(15)27-21)20(25)29-19(12)14(11-24)22-28-17-7-3-4-8-18(17)30-22/h1-9,14H,(H2,25,29)(H,26,27). The zero-order valence-corrected chi connectivity index (χ0v) is 16.3. The smallest absolute Gasteiger partial charge is 0.142 e. The maximum Gasteiger partial charge on any atom is 0.142 e. The van der Waals surface area contributed by atoms with Crippen LogP contribution in [0.4, 0.5) is 5.82 Å². The Morgan fingerprint density at radius 2 is 1.73 bits per heavy atom. The molecular formula is C22H13N7S. The van der Waals surface area contributed by atoms with Crippen molar-refractivity contribution in [3.8, 4) is 23.5 Å². The van der Waals surface area contributed by atoms with E-state index < -0.39 is 5.92 Å². The van der Waals surface area contributed by atoms with Crippen molar-refractivity contribution in [2.75, 3.05) is 5.73 Å². The Labute approximate surface area is 175 Å². The number of benzene rings is 2. The number of H-pyrrole nitrogens is 1. The van der Waals surface area contributed by atoms with Gasteiger partial charge in [-0.3, -0.25) is 0 Å². The molecule has 0 saturated carbocycles. The monoisotopic (exact) mass is 407 g/mol. The fourth-order valence-electron chi connectivity index (χ4n) is 3.37. The van der Waals surface area contributed by atoms with Gasteiger partial charge in [-0.1, -0.05) is 24.3 Å². The average Bonchev–Trinajstić information content (AvgIpc) is 3.38. The molecule has 142 valence electrons. The fraction of sp³-hybridized carbons (Fsp3) is 0.0455. The van der Waals surface area contributed by atoms with Gasteiger partial charge in [-0.05, 0) is 30.3 Å². The Kier molecular flexibility index (Phi) is 4.13. The second-order valence-electron chi connectivity index (χ2n) is 6.65. The van der Waals surface area contributed by atoms with Gasteiger partial charge in [-0.2, -0.15) is 10.5 Å². The summed E-state index contributed by atoms with van der Waals surface area (Å²) < 4.78 is 0.970. The number of aromatic nitrogens is 4. The Balaban J connectivity index is 1.64. The molecule has 1 unspecified atom stereocenters. The summed E-state index contributed by atoms with van der Waals surface area (Å²) in [5.41, 5.74) is 9.79. The van der Waals surface area contributed by atoms with E-state index in [1.165, 1.54) is 11.3 Å². The first kappa shape index (κ1) is 17.8. The number of para-hydroxylation sites is 3. The van der Waals surface area contributed by atoms with Crippen LogP contribution in [-0.4, -0.2) is 19.9 Å². The van der Waals surface area contributed by atoms with E-state index in [9.17, 15) is 10.5 Å². The molecule has 3 heterocycles. The zero-order chi connectivity index (χ0) is 20.7. The minimum atomic E-state index is -0.788. The molecule has 0 saturated heterocycles. The molecule has 0 aliphatic carbocycles. The van der Waals surface area contributed by atoms with E-state index in [-0.39, 0.29) is 11.4 Å². The predicted octanol–water partition coefficient (Wildman–Crippen LogP) is 4.34. The van der Waals surface area contributed by atoms with E-state index in [0.717, 1.165) is 21.3 Å². The van der Waals surface area contributed by atoms with Crippen LogP contribution in [0, 0.1) is 22.7 Å². The number of imidazole rings is 1. The van der Waals surface area contributed by atoms with Gasteiger partial charge in [0.25, 0.3) is 0 Å². The van der Waals surface area contributed by atoms with Crippen molar-refractivity contribution in [1.29, 1.82) is 10.5 Å². The van der Waals surface area contributed by atoms with E-state index in [1.54, 1.807) is 6.07 Å². The summed E-state index contributed by atoms with van der Waals surface area (Å²) in [6, 6.07) is 21.3. The minimum Gasteiger partial charge on any atom is -0.383 e. The number of nitrogen functional groups attached to an aromatic ring is 1. The van der Waals surface area contributed by atoms with Gasteiger partial charge >= 0.3 is 0 Å². The third-order valence-corrected chi connectivity index (χ3v) is 5.91. The van der Waals surface area contributed by atoms with E-state index in [1.807, 2.05) is 48.5 Å². The zero-order valence-electron chi connectivity index (χ0n) is 15.5. The number of hydrogen-bond donors (Lipinski definition) is 2. The largest absolute Gasteiger partial charge is 0.383 e. The molecule has 1 atom stereocenters. The number of hydrogen-bond acceptors (Lipinski definition) is 7. The summed E-state index contributed by atoms with van der Waals surface area (Å²) in [6.07, 6.45) is 0. The van der Waals surface area contributed by atoms with Gasteiger partial charge in [0.1, 0.15) is 28.6 Å². The number of anilines is 1. The molecule has 3 aromatic heterocycles. The van der Waals surface area contributed by atoms with Crippen molar-refractivity contribution in [2.24, 2.45) is 0 Å². The molecule has 5 rings (SSSR count). The van der Waals surface area contributed by atoms with E-state index >= 15 is 0 Å². The third kappa shape index (κ3) is 2.84. The lowest BCUT2D eigenvalue weighted by atomic mass is 10.0. The molecule has 0 aliphatic rings. The van der Waals surface area contributed by atoms with Crippen LogP contribution in [0.2, 0.25) is 0 Å². The topological polar surface area (TPSA) is 128 Å². The number of nitrogens with zero attached hydrogens (tertiary/aromatic N) is 5. The maximum atomic E-state index is 9.86. The molecule has 3 N–H and O–H groups in total. The van der Waals surface area contributed by atoms with E-state index in [2.05, 4.69) is 32.1 Å². The molecule has 5 aromatic rings. The van der Waals surface area contributed by atoms with Crippen molar-refractivity contribution in [3.05, 3.63) is 70.9 Å². The molecule has 8 heteroatoms. The predicted molar refractivity (Wildman–Crippen MR) is 116 cm³/mol. The van der Waals surface area contributed by atoms with Gasteiger partial charge in [0.05, 0.1) is 44.1 Å². The Bertz CT molecular complexity index is 1430. The quantitative estimate of drug-likeness (QED) is 0.458. The van der Waals surface area contributed by atoms with Crippen LogP contribution < -0.4 is 5.73 Å². The van der Waals surface area contributed by atoms with E-state index in [4.69, 9.17) is 5.73 Å². The molecule has 0 bridgehead atoms. The number of nitrogens with one attached hydrogen (secondary N) is 1. The molecule has 7 nitrogen and oxygen atoms in total. The van der Waals surface area contributed by atoms with Crippen molar-refractivity contribution < 1.29 is 0 Å². The van der Waals surface area contributed by atoms with Crippen LogP contribution in [0.1, 0.15) is 22.2 Å². The lowest BCUT2D eigenvalue weighted by Gasteiger charge is -2.11. The second kappa shape index (κ2) is 6.96. The number of nitriles is 2. The first-order chi connectivity index (χ1) is 14.7. The van der Waals surface area contributed by atoms with Gasteiger partial charge in [0, 0.05) is 0 Å². The summed E-state index contributed by atoms with van der Waals surface area (Å²) >= 11 is 1.41. The van der Waals surface area contributed by atoms with Crippen LogP contribution in [0.25, 0.3) is 32.6 Å². The third-order valence-electron chi connectivity index (χ3n) is 4.81. The van der Waals surface area contributed by atoms with Crippen LogP contribution >= 0.6 is 11.3 Å². The summed E-state index contributed by atoms with van der Waals surface area (Å²) in [6.45, 7) is 0. The van der Waals surface area contributed by atoms with Crippen LogP contribution in [0.3, 0.4) is 0 Å². The molecule has 0 aliphatic heterocycles. The molecule has 0 spiro atoms. The van der Waals surface area contributed by atoms with Gasteiger partial charge in [0.2, 0.25) is 0 Å². The Morgan fingerprint density at radius 3 is 2.47 bits per heavy atom. The summed E-state index contributed by atoms with van der Waals surface area (Å²) in [7, 11) is 0. The van der Waals surface area contributed by atoms with Crippen molar-refractivity contribution >= 4 is 38.4 Å².